The number of nitrogens with zero attached hydrogens (tertiary/aromatic N) is 2. The van der Waals surface area contributed by atoms with Crippen LogP contribution in [0.2, 0.25) is 5.02 Å². The van der Waals surface area contributed by atoms with Crippen LogP contribution in [-0.4, -0.2) is 48.1 Å². The zero-order valence-electron chi connectivity index (χ0n) is 12.9. The summed E-state index contributed by atoms with van der Waals surface area (Å²) in [6.45, 7) is 1.79. The number of benzene rings is 1. The van der Waals surface area contributed by atoms with Crippen LogP contribution in [0.1, 0.15) is 19.3 Å². The summed E-state index contributed by atoms with van der Waals surface area (Å²) in [5.74, 6) is -0.209. The molecule has 2 fully saturated rings. The second-order valence-corrected chi connectivity index (χ2v) is 6.74. The second kappa shape index (κ2) is 6.89. The number of aliphatic hydroxyl groups is 1. The van der Waals surface area contributed by atoms with Crippen molar-refractivity contribution in [3.63, 3.8) is 0 Å². The lowest BCUT2D eigenvalue weighted by atomic mass is 9.97. The maximum Gasteiger partial charge on any atom is 0.228 e. The van der Waals surface area contributed by atoms with Crippen molar-refractivity contribution in [1.29, 1.82) is 0 Å². The first kappa shape index (κ1) is 16.3. The van der Waals surface area contributed by atoms with E-state index in [2.05, 4.69) is 0 Å². The topological polar surface area (TPSA) is 60.9 Å². The SMILES string of the molecule is O=C(C1CC(=O)N(c2ccccc2Cl)C1)N1CCCC(CO)C1. The molecule has 2 aliphatic rings. The molecule has 0 radical (unpaired) electrons. The highest BCUT2D eigenvalue weighted by atomic mass is 35.5. The van der Waals surface area contributed by atoms with Gasteiger partial charge in [-0.3, -0.25) is 9.59 Å². The van der Waals surface area contributed by atoms with Crippen molar-refractivity contribution in [1.82, 2.24) is 4.90 Å². The van der Waals surface area contributed by atoms with Crippen LogP contribution in [-0.2, 0) is 9.59 Å². The van der Waals surface area contributed by atoms with Gasteiger partial charge in [-0.2, -0.15) is 0 Å². The quantitative estimate of drug-likeness (QED) is 0.917. The molecule has 2 atom stereocenters. The van der Waals surface area contributed by atoms with E-state index in [0.29, 0.717) is 30.3 Å². The van der Waals surface area contributed by atoms with Gasteiger partial charge in [0.2, 0.25) is 11.8 Å². The Morgan fingerprint density at radius 2 is 2.09 bits per heavy atom. The van der Waals surface area contributed by atoms with Crippen molar-refractivity contribution in [2.75, 3.05) is 31.1 Å². The summed E-state index contributed by atoms with van der Waals surface area (Å²) in [6.07, 6.45) is 2.09. The van der Waals surface area contributed by atoms with Gasteiger partial charge in [0.15, 0.2) is 0 Å². The molecule has 2 saturated heterocycles. The highest BCUT2D eigenvalue weighted by molar-refractivity contribution is 6.33. The fourth-order valence-corrected chi connectivity index (χ4v) is 3.69. The molecule has 0 bridgehead atoms. The Labute approximate surface area is 140 Å². The molecule has 1 aromatic carbocycles. The molecule has 6 heteroatoms. The van der Waals surface area contributed by atoms with E-state index in [-0.39, 0.29) is 36.7 Å². The molecule has 0 spiro atoms. The van der Waals surface area contributed by atoms with Crippen molar-refractivity contribution < 1.29 is 14.7 Å². The number of para-hydroxylation sites is 1. The number of likely N-dealkylation sites (tertiary alicyclic amines) is 1. The van der Waals surface area contributed by atoms with Crippen molar-refractivity contribution in [2.45, 2.75) is 19.3 Å². The van der Waals surface area contributed by atoms with Crippen molar-refractivity contribution in [3.8, 4) is 0 Å². The molecule has 124 valence electrons. The van der Waals surface area contributed by atoms with Gasteiger partial charge < -0.3 is 14.9 Å². The van der Waals surface area contributed by atoms with Crippen LogP contribution in [0.4, 0.5) is 5.69 Å². The van der Waals surface area contributed by atoms with Crippen LogP contribution in [0.5, 0.6) is 0 Å². The predicted molar refractivity (Wildman–Crippen MR) is 88.3 cm³/mol. The molecule has 1 N–H and O–H groups in total. The van der Waals surface area contributed by atoms with Crippen molar-refractivity contribution in [3.05, 3.63) is 29.3 Å². The first-order chi connectivity index (χ1) is 11.1. The summed E-state index contributed by atoms with van der Waals surface area (Å²) < 4.78 is 0. The van der Waals surface area contributed by atoms with Crippen molar-refractivity contribution >= 4 is 29.1 Å². The zero-order chi connectivity index (χ0) is 16.4. The molecule has 3 rings (SSSR count). The van der Waals surface area contributed by atoms with Gasteiger partial charge in [-0.25, -0.2) is 0 Å². The average Bonchev–Trinajstić information content (AvgIpc) is 2.96. The minimum absolute atomic E-state index is 0.0195. The van der Waals surface area contributed by atoms with Crippen LogP contribution in [0.15, 0.2) is 24.3 Å². The minimum atomic E-state index is -0.323. The number of amides is 2. The van der Waals surface area contributed by atoms with E-state index >= 15 is 0 Å². The van der Waals surface area contributed by atoms with Crippen LogP contribution >= 0.6 is 11.6 Å². The lowest BCUT2D eigenvalue weighted by Gasteiger charge is -2.33. The van der Waals surface area contributed by atoms with E-state index in [0.717, 1.165) is 12.8 Å². The minimum Gasteiger partial charge on any atom is -0.396 e. The molecule has 2 amide bonds. The average molecular weight is 337 g/mol. The molecule has 0 saturated carbocycles. The van der Waals surface area contributed by atoms with Crippen LogP contribution in [0.25, 0.3) is 0 Å². The van der Waals surface area contributed by atoms with Gasteiger partial charge in [0, 0.05) is 32.7 Å². The van der Waals surface area contributed by atoms with Gasteiger partial charge >= 0.3 is 0 Å². The van der Waals surface area contributed by atoms with E-state index in [1.54, 1.807) is 21.9 Å². The molecule has 2 aliphatic heterocycles. The van der Waals surface area contributed by atoms with E-state index in [1.165, 1.54) is 0 Å². The van der Waals surface area contributed by atoms with Crippen LogP contribution in [0, 0.1) is 11.8 Å². The molecule has 2 unspecified atom stereocenters. The third kappa shape index (κ3) is 3.35. The summed E-state index contributed by atoms with van der Waals surface area (Å²) in [7, 11) is 0. The number of carbonyl (C=O) groups is 2. The summed E-state index contributed by atoms with van der Waals surface area (Å²) in [4.78, 5) is 28.4. The largest absolute Gasteiger partial charge is 0.396 e. The van der Waals surface area contributed by atoms with Gasteiger partial charge in [-0.1, -0.05) is 23.7 Å². The van der Waals surface area contributed by atoms with E-state index in [9.17, 15) is 14.7 Å². The number of hydrogen-bond acceptors (Lipinski definition) is 3. The van der Waals surface area contributed by atoms with Gasteiger partial charge in [0.1, 0.15) is 0 Å². The maximum absolute atomic E-state index is 12.7. The fraction of sp³-hybridized carbons (Fsp3) is 0.529. The maximum atomic E-state index is 12.7. The summed E-state index contributed by atoms with van der Waals surface area (Å²) in [5, 5.41) is 9.82. The van der Waals surface area contributed by atoms with Crippen LogP contribution in [0.3, 0.4) is 0 Å². The van der Waals surface area contributed by atoms with Gasteiger partial charge in [-0.05, 0) is 30.9 Å². The van der Waals surface area contributed by atoms with Gasteiger partial charge in [-0.15, -0.1) is 0 Å². The highest BCUT2D eigenvalue weighted by Gasteiger charge is 2.38. The molecule has 1 aromatic rings. The number of anilines is 1. The number of carbonyl (C=O) groups excluding carboxylic acids is 2. The number of hydrogen-bond donors (Lipinski definition) is 1. The Bertz CT molecular complexity index is 607. The highest BCUT2D eigenvalue weighted by Crippen LogP contribution is 2.32. The fourth-order valence-electron chi connectivity index (χ4n) is 3.45. The number of aliphatic hydroxyl groups excluding tert-OH is 1. The Hall–Kier alpha value is -1.59. The first-order valence-corrected chi connectivity index (χ1v) is 8.42. The lowest BCUT2D eigenvalue weighted by Crippen LogP contribution is -2.44. The standard InChI is InChI=1S/C17H21ClN2O3/c18-14-5-1-2-6-15(14)20-10-13(8-16(20)22)17(23)19-7-3-4-12(9-19)11-21/h1-2,5-6,12-13,21H,3-4,7-11H2. The third-order valence-corrected chi connectivity index (χ3v) is 5.03. The Morgan fingerprint density at radius 3 is 2.83 bits per heavy atom. The Balaban J connectivity index is 1.70. The van der Waals surface area contributed by atoms with Gasteiger partial charge in [0.05, 0.1) is 16.6 Å². The Kier molecular flexibility index (Phi) is 4.87. The van der Waals surface area contributed by atoms with E-state index < -0.39 is 0 Å². The molecule has 5 nitrogen and oxygen atoms in total. The van der Waals surface area contributed by atoms with E-state index in [1.807, 2.05) is 12.1 Å². The van der Waals surface area contributed by atoms with Gasteiger partial charge in [0.25, 0.3) is 0 Å². The van der Waals surface area contributed by atoms with Crippen LogP contribution < -0.4 is 4.90 Å². The number of halogens is 1. The summed E-state index contributed by atoms with van der Waals surface area (Å²) in [6, 6.07) is 7.20. The lowest BCUT2D eigenvalue weighted by molar-refractivity contribution is -0.137. The third-order valence-electron chi connectivity index (χ3n) is 4.71. The second-order valence-electron chi connectivity index (χ2n) is 6.33. The number of rotatable bonds is 3. The molecule has 23 heavy (non-hydrogen) atoms. The predicted octanol–water partition coefficient (Wildman–Crippen LogP) is 1.92. The normalized spacial score (nSPS) is 25.0. The number of piperidine rings is 1. The summed E-state index contributed by atoms with van der Waals surface area (Å²) >= 11 is 6.17. The molecule has 2 heterocycles. The smallest absolute Gasteiger partial charge is 0.228 e. The molecular formula is C17H21ClN2O3. The molecule has 0 aromatic heterocycles. The monoisotopic (exact) mass is 336 g/mol. The molecule has 0 aliphatic carbocycles. The molecular weight excluding hydrogens is 316 g/mol. The van der Waals surface area contributed by atoms with E-state index in [4.69, 9.17) is 11.6 Å². The zero-order valence-corrected chi connectivity index (χ0v) is 13.7. The Morgan fingerprint density at radius 1 is 1.30 bits per heavy atom. The summed E-state index contributed by atoms with van der Waals surface area (Å²) in [5.41, 5.74) is 0.668. The first-order valence-electron chi connectivity index (χ1n) is 8.04. The van der Waals surface area contributed by atoms with Crippen molar-refractivity contribution in [2.24, 2.45) is 11.8 Å².